The molecule has 4 nitrogen and oxygen atoms in total. The van der Waals surface area contributed by atoms with E-state index in [-0.39, 0.29) is 0 Å². The second-order valence-electron chi connectivity index (χ2n) is 16.1. The standard InChI is InChI=1S/C34H56N4/c1-3-7-30-27(5-1)29-20-36-32-28-6-2-4-8-31(28)38-26-15-11-22(12-16-26)24-17-23(18-35-19-24)21-9-13-25(14-10-21)37(30)33(29)34(32)38/h21-36H,1-20H2. The lowest BCUT2D eigenvalue weighted by Gasteiger charge is -2.51. The normalized spacial score (nSPS) is 56.5. The minimum Gasteiger partial charge on any atom is -0.316 e. The minimum atomic E-state index is 0.789. The van der Waals surface area contributed by atoms with E-state index in [0.29, 0.717) is 0 Å². The molecule has 8 aliphatic heterocycles. The van der Waals surface area contributed by atoms with Crippen LogP contribution in [-0.2, 0) is 0 Å². The van der Waals surface area contributed by atoms with Gasteiger partial charge in [0.1, 0.15) is 0 Å². The zero-order chi connectivity index (χ0) is 24.8. The van der Waals surface area contributed by atoms with E-state index >= 15 is 0 Å². The Bertz CT molecular complexity index is 793. The van der Waals surface area contributed by atoms with Crippen LogP contribution >= 0.6 is 0 Å². The molecule has 2 N–H and O–H groups in total. The number of rotatable bonds is 0. The molecule has 8 heterocycles. The van der Waals surface area contributed by atoms with Gasteiger partial charge in [0, 0.05) is 48.8 Å². The van der Waals surface area contributed by atoms with Crippen molar-refractivity contribution in [1.29, 1.82) is 0 Å². The molecular weight excluding hydrogens is 464 g/mol. The molecule has 0 radical (unpaired) electrons. The van der Waals surface area contributed by atoms with Crippen molar-refractivity contribution in [1.82, 2.24) is 20.4 Å². The van der Waals surface area contributed by atoms with Gasteiger partial charge in [0.2, 0.25) is 0 Å². The Balaban J connectivity index is 1.13. The van der Waals surface area contributed by atoms with Crippen molar-refractivity contribution in [3.63, 3.8) is 0 Å². The van der Waals surface area contributed by atoms with Gasteiger partial charge in [-0.05, 0) is 138 Å². The lowest BCUT2D eigenvalue weighted by Crippen LogP contribution is -2.66. The third kappa shape index (κ3) is 3.67. The smallest absolute Gasteiger partial charge is 0.0417 e. The van der Waals surface area contributed by atoms with E-state index in [2.05, 4.69) is 20.4 Å². The molecule has 0 amide bonds. The van der Waals surface area contributed by atoms with Gasteiger partial charge in [-0.1, -0.05) is 25.7 Å². The van der Waals surface area contributed by atoms with Crippen LogP contribution in [0, 0.1) is 41.4 Å². The largest absolute Gasteiger partial charge is 0.316 e. The first-order chi connectivity index (χ1) is 18.8. The van der Waals surface area contributed by atoms with Crippen LogP contribution in [0.3, 0.4) is 0 Å². The van der Waals surface area contributed by atoms with Gasteiger partial charge in [-0.25, -0.2) is 0 Å². The van der Waals surface area contributed by atoms with Crippen LogP contribution in [0.1, 0.15) is 109 Å². The summed E-state index contributed by atoms with van der Waals surface area (Å²) in [6.45, 7) is 4.00. The number of nitrogens with one attached hydrogen (secondary N) is 2. The first-order valence-corrected chi connectivity index (χ1v) is 17.8. The summed E-state index contributed by atoms with van der Waals surface area (Å²) in [5, 5.41) is 8.35. The third-order valence-electron chi connectivity index (χ3n) is 14.9. The van der Waals surface area contributed by atoms with Gasteiger partial charge in [-0.3, -0.25) is 9.80 Å². The fraction of sp³-hybridized carbons (Fsp3) is 1.00. The monoisotopic (exact) mass is 520 g/mol. The van der Waals surface area contributed by atoms with Crippen molar-refractivity contribution in [2.45, 2.75) is 151 Å². The van der Waals surface area contributed by atoms with Crippen LogP contribution in [0.2, 0.25) is 0 Å². The fourth-order valence-electron chi connectivity index (χ4n) is 13.4. The lowest BCUT2D eigenvalue weighted by molar-refractivity contribution is -0.0174. The molecule has 12 rings (SSSR count). The highest BCUT2D eigenvalue weighted by Gasteiger charge is 2.64. The quantitative estimate of drug-likeness (QED) is 0.447. The lowest BCUT2D eigenvalue weighted by atomic mass is 9.68. The summed E-state index contributed by atoms with van der Waals surface area (Å²) in [4.78, 5) is 6.67. The summed E-state index contributed by atoms with van der Waals surface area (Å²) in [7, 11) is 0. The molecule has 212 valence electrons. The summed E-state index contributed by atoms with van der Waals surface area (Å²) in [6.07, 6.45) is 25.8. The van der Waals surface area contributed by atoms with E-state index in [1.54, 1.807) is 6.42 Å². The highest BCUT2D eigenvalue weighted by molar-refractivity contribution is 5.20. The van der Waals surface area contributed by atoms with E-state index in [1.165, 1.54) is 122 Å². The predicted octanol–water partition coefficient (Wildman–Crippen LogP) is 5.42. The van der Waals surface area contributed by atoms with Crippen LogP contribution < -0.4 is 10.6 Å². The average Bonchev–Trinajstić information content (AvgIpc) is 3.50. The molecule has 8 saturated heterocycles. The molecule has 38 heavy (non-hydrogen) atoms. The Morgan fingerprint density at radius 3 is 1.66 bits per heavy atom. The van der Waals surface area contributed by atoms with Gasteiger partial charge >= 0.3 is 0 Å². The maximum Gasteiger partial charge on any atom is 0.0417 e. The summed E-state index contributed by atoms with van der Waals surface area (Å²) >= 11 is 0. The highest BCUT2D eigenvalue weighted by Crippen LogP contribution is 2.56. The van der Waals surface area contributed by atoms with Crippen LogP contribution in [0.25, 0.3) is 0 Å². The Morgan fingerprint density at radius 2 is 1.00 bits per heavy atom. The van der Waals surface area contributed by atoms with Crippen molar-refractivity contribution in [2.75, 3.05) is 19.6 Å². The Kier molecular flexibility index (Phi) is 6.24. The Morgan fingerprint density at radius 1 is 0.447 bits per heavy atom. The third-order valence-corrected chi connectivity index (χ3v) is 14.9. The van der Waals surface area contributed by atoms with E-state index in [1.807, 2.05) is 0 Å². The zero-order valence-corrected chi connectivity index (χ0v) is 24.1. The molecule has 4 saturated carbocycles. The summed E-state index contributed by atoms with van der Waals surface area (Å²) in [5.41, 5.74) is 0. The Hall–Kier alpha value is -0.160. The fourth-order valence-corrected chi connectivity index (χ4v) is 13.4. The van der Waals surface area contributed by atoms with Gasteiger partial charge < -0.3 is 10.6 Å². The Labute approximate surface area is 232 Å². The summed E-state index contributed by atoms with van der Waals surface area (Å²) in [5.74, 6) is 6.82. The highest BCUT2D eigenvalue weighted by atomic mass is 15.4. The van der Waals surface area contributed by atoms with Crippen LogP contribution in [0.15, 0.2) is 0 Å². The van der Waals surface area contributed by atoms with Crippen LogP contribution in [-0.4, -0.2) is 71.7 Å². The molecule has 12 fully saturated rings. The van der Waals surface area contributed by atoms with Crippen LogP contribution in [0.5, 0.6) is 0 Å². The molecule has 4 heteroatoms. The van der Waals surface area contributed by atoms with Crippen molar-refractivity contribution in [3.8, 4) is 0 Å². The molecule has 0 aromatic rings. The molecule has 0 aromatic heterocycles. The average molecular weight is 521 g/mol. The molecule has 6 bridgehead atoms. The second kappa shape index (κ2) is 9.70. The second-order valence-corrected chi connectivity index (χ2v) is 16.1. The molecule has 10 unspecified atom stereocenters. The summed E-state index contributed by atoms with van der Waals surface area (Å²) < 4.78 is 0. The molecule has 0 aromatic carbocycles. The zero-order valence-electron chi connectivity index (χ0n) is 24.1. The number of hydrogen-bond donors (Lipinski definition) is 2. The van der Waals surface area contributed by atoms with Crippen LogP contribution in [0.4, 0.5) is 0 Å². The number of fused-ring (bicyclic) bond motifs is 4. The van der Waals surface area contributed by atoms with Gasteiger partial charge in [0.25, 0.3) is 0 Å². The van der Waals surface area contributed by atoms with Crippen molar-refractivity contribution < 1.29 is 0 Å². The van der Waals surface area contributed by atoms with Crippen molar-refractivity contribution in [2.24, 2.45) is 41.4 Å². The topological polar surface area (TPSA) is 30.5 Å². The number of nitrogens with zero attached hydrogens (tertiary/aromatic N) is 2. The minimum absolute atomic E-state index is 0.789. The molecule has 4 aliphatic carbocycles. The molecule has 10 atom stereocenters. The number of piperidine rings is 2. The van der Waals surface area contributed by atoms with Crippen molar-refractivity contribution >= 4 is 0 Å². The molecule has 0 spiro atoms. The predicted molar refractivity (Wildman–Crippen MR) is 154 cm³/mol. The maximum atomic E-state index is 4.37. The summed E-state index contributed by atoms with van der Waals surface area (Å²) in [6, 6.07) is 6.05. The maximum absolute atomic E-state index is 4.37. The van der Waals surface area contributed by atoms with E-state index < -0.39 is 0 Å². The van der Waals surface area contributed by atoms with E-state index in [4.69, 9.17) is 0 Å². The SMILES string of the molecule is C1CCC2C(C1)C1CNC3C4CCCCC4N4C5CCC(CC5)C5CNCC(C5)C5CCC(CC5)N2C1C34. The van der Waals surface area contributed by atoms with Gasteiger partial charge in [0.15, 0.2) is 0 Å². The number of hydrogen-bond acceptors (Lipinski definition) is 4. The van der Waals surface area contributed by atoms with Gasteiger partial charge in [-0.2, -0.15) is 0 Å². The van der Waals surface area contributed by atoms with Crippen molar-refractivity contribution in [3.05, 3.63) is 0 Å². The van der Waals surface area contributed by atoms with Gasteiger partial charge in [0.05, 0.1) is 0 Å². The molecular formula is C34H56N4. The molecule has 12 aliphatic rings. The van der Waals surface area contributed by atoms with E-state index in [9.17, 15) is 0 Å². The van der Waals surface area contributed by atoms with E-state index in [0.717, 1.165) is 83.7 Å². The van der Waals surface area contributed by atoms with Gasteiger partial charge in [-0.15, -0.1) is 0 Å². The first kappa shape index (κ1) is 24.4. The first-order valence-electron chi connectivity index (χ1n) is 17.8.